The third kappa shape index (κ3) is 3.47. The largest absolute Gasteiger partial charge is 0.385 e. The van der Waals surface area contributed by atoms with Crippen molar-refractivity contribution < 1.29 is 4.74 Å². The average Bonchev–Trinajstić information content (AvgIpc) is 2.39. The molecule has 1 atom stereocenters. The summed E-state index contributed by atoms with van der Waals surface area (Å²) in [6.07, 6.45) is 0.932. The third-order valence-electron chi connectivity index (χ3n) is 3.60. The minimum Gasteiger partial charge on any atom is -0.385 e. The van der Waals surface area contributed by atoms with Crippen molar-refractivity contribution in [2.75, 3.05) is 31.7 Å². The van der Waals surface area contributed by atoms with Crippen LogP contribution < -0.4 is 10.6 Å². The first kappa shape index (κ1) is 15.0. The molecule has 0 fully saturated rings. The van der Waals surface area contributed by atoms with E-state index in [1.54, 1.807) is 7.11 Å². The molecule has 0 aromatic heterocycles. The van der Waals surface area contributed by atoms with Gasteiger partial charge >= 0.3 is 0 Å². The first-order valence-corrected chi connectivity index (χ1v) is 6.60. The minimum atomic E-state index is -0.0555. The van der Waals surface area contributed by atoms with E-state index in [0.717, 1.165) is 19.6 Å². The van der Waals surface area contributed by atoms with Crippen LogP contribution in [0.2, 0.25) is 0 Å². The van der Waals surface area contributed by atoms with Crippen LogP contribution in [0.4, 0.5) is 5.69 Å². The zero-order valence-electron chi connectivity index (χ0n) is 12.1. The molecule has 1 aromatic carbocycles. The van der Waals surface area contributed by atoms with Crippen LogP contribution in [0.15, 0.2) is 24.3 Å². The Morgan fingerprint density at radius 3 is 2.33 bits per heavy atom. The Labute approximate surface area is 111 Å². The van der Waals surface area contributed by atoms with Crippen molar-refractivity contribution in [2.45, 2.75) is 32.7 Å². The number of anilines is 1. The van der Waals surface area contributed by atoms with Crippen molar-refractivity contribution in [3.8, 4) is 0 Å². The van der Waals surface area contributed by atoms with Crippen LogP contribution in [0.25, 0.3) is 0 Å². The Balaban J connectivity index is 2.95. The van der Waals surface area contributed by atoms with Crippen LogP contribution in [-0.4, -0.2) is 32.3 Å². The normalized spacial score (nSPS) is 14.3. The summed E-state index contributed by atoms with van der Waals surface area (Å²) in [5.41, 5.74) is 8.45. The molecule has 0 amide bonds. The highest BCUT2D eigenvalue weighted by Crippen LogP contribution is 2.26. The summed E-state index contributed by atoms with van der Waals surface area (Å²) >= 11 is 0. The van der Waals surface area contributed by atoms with E-state index in [9.17, 15) is 0 Å². The molecule has 0 radical (unpaired) electrons. The van der Waals surface area contributed by atoms with Crippen LogP contribution in [0.1, 0.15) is 25.8 Å². The van der Waals surface area contributed by atoms with Gasteiger partial charge in [-0.2, -0.15) is 0 Å². The molecular formula is C15H26N2O. The third-order valence-corrected chi connectivity index (χ3v) is 3.60. The molecule has 1 aromatic rings. The van der Waals surface area contributed by atoms with Gasteiger partial charge in [-0.1, -0.05) is 17.7 Å². The molecule has 0 spiro atoms. The molecule has 102 valence electrons. The summed E-state index contributed by atoms with van der Waals surface area (Å²) < 4.78 is 5.21. The number of nitrogens with two attached hydrogens (primary N) is 1. The molecule has 0 aliphatic heterocycles. The molecule has 0 bridgehead atoms. The molecule has 0 aliphatic rings. The number of rotatable bonds is 7. The number of aryl methyl sites for hydroxylation is 1. The number of hydrogen-bond donors (Lipinski definition) is 1. The van der Waals surface area contributed by atoms with Crippen molar-refractivity contribution in [3.63, 3.8) is 0 Å². The zero-order valence-corrected chi connectivity index (χ0v) is 12.1. The highest BCUT2D eigenvalue weighted by Gasteiger charge is 2.29. The molecule has 3 nitrogen and oxygen atoms in total. The van der Waals surface area contributed by atoms with E-state index in [-0.39, 0.29) is 5.54 Å². The summed E-state index contributed by atoms with van der Waals surface area (Å²) in [4.78, 5) is 2.37. The molecule has 1 rings (SSSR count). The summed E-state index contributed by atoms with van der Waals surface area (Å²) in [5.74, 6) is 0. The fourth-order valence-corrected chi connectivity index (χ4v) is 2.27. The lowest BCUT2D eigenvalue weighted by atomic mass is 9.94. The monoisotopic (exact) mass is 250 g/mol. The number of methoxy groups -OCH3 is 1. The van der Waals surface area contributed by atoms with Crippen LogP contribution in [0.3, 0.4) is 0 Å². The maximum absolute atomic E-state index is 5.99. The minimum absolute atomic E-state index is 0.0555. The number of benzene rings is 1. The second kappa shape index (κ2) is 6.76. The molecule has 18 heavy (non-hydrogen) atoms. The van der Waals surface area contributed by atoms with Crippen LogP contribution in [0, 0.1) is 6.92 Å². The molecule has 3 heteroatoms. The molecule has 0 aliphatic carbocycles. The lowest BCUT2D eigenvalue weighted by Gasteiger charge is -2.42. The van der Waals surface area contributed by atoms with Gasteiger partial charge in [-0.25, -0.2) is 0 Å². The Kier molecular flexibility index (Phi) is 5.63. The first-order valence-electron chi connectivity index (χ1n) is 6.60. The van der Waals surface area contributed by atoms with Crippen LogP contribution in [0.5, 0.6) is 0 Å². The van der Waals surface area contributed by atoms with Crippen molar-refractivity contribution in [3.05, 3.63) is 29.8 Å². The van der Waals surface area contributed by atoms with E-state index in [1.165, 1.54) is 11.3 Å². The smallest absolute Gasteiger partial charge is 0.0517 e. The number of hydrogen-bond acceptors (Lipinski definition) is 3. The van der Waals surface area contributed by atoms with Crippen LogP contribution in [-0.2, 0) is 4.74 Å². The van der Waals surface area contributed by atoms with Gasteiger partial charge in [-0.05, 0) is 39.3 Å². The Morgan fingerprint density at radius 1 is 1.28 bits per heavy atom. The SMILES string of the molecule is CCN(c1ccc(C)cc1)C(C)(CN)CCOC. The van der Waals surface area contributed by atoms with Gasteiger partial charge in [0.25, 0.3) is 0 Å². The van der Waals surface area contributed by atoms with E-state index in [1.807, 2.05) is 0 Å². The van der Waals surface area contributed by atoms with Crippen molar-refractivity contribution in [1.82, 2.24) is 0 Å². The first-order chi connectivity index (χ1) is 8.57. The quantitative estimate of drug-likeness (QED) is 0.808. The highest BCUT2D eigenvalue weighted by atomic mass is 16.5. The molecule has 1 unspecified atom stereocenters. The number of nitrogens with zero attached hydrogens (tertiary/aromatic N) is 1. The summed E-state index contributed by atoms with van der Waals surface area (Å²) in [7, 11) is 1.74. The van der Waals surface area contributed by atoms with E-state index in [0.29, 0.717) is 6.54 Å². The van der Waals surface area contributed by atoms with E-state index >= 15 is 0 Å². The summed E-state index contributed by atoms with van der Waals surface area (Å²) in [6, 6.07) is 8.62. The molecular weight excluding hydrogens is 224 g/mol. The standard InChI is InChI=1S/C15H26N2O/c1-5-17(14-8-6-13(2)7-9-14)15(3,12-16)10-11-18-4/h6-9H,5,10-12,16H2,1-4H3. The van der Waals surface area contributed by atoms with E-state index in [4.69, 9.17) is 10.5 Å². The van der Waals surface area contributed by atoms with Gasteiger partial charge in [0.1, 0.15) is 0 Å². The Morgan fingerprint density at radius 2 is 1.89 bits per heavy atom. The zero-order chi connectivity index (χ0) is 13.6. The molecule has 0 saturated heterocycles. The topological polar surface area (TPSA) is 38.5 Å². The van der Waals surface area contributed by atoms with Crippen LogP contribution >= 0.6 is 0 Å². The second-order valence-corrected chi connectivity index (χ2v) is 5.02. The molecule has 0 saturated carbocycles. The predicted octanol–water partition coefficient (Wildman–Crippen LogP) is 2.58. The second-order valence-electron chi connectivity index (χ2n) is 5.02. The Bertz CT molecular complexity index is 350. The van der Waals surface area contributed by atoms with Gasteiger partial charge in [0, 0.05) is 32.5 Å². The fraction of sp³-hybridized carbons (Fsp3) is 0.600. The number of ether oxygens (including phenoxy) is 1. The van der Waals surface area contributed by atoms with Crippen molar-refractivity contribution in [2.24, 2.45) is 5.73 Å². The van der Waals surface area contributed by atoms with Gasteiger partial charge in [-0.3, -0.25) is 0 Å². The molecule has 2 N–H and O–H groups in total. The molecule has 0 heterocycles. The Hall–Kier alpha value is -1.06. The van der Waals surface area contributed by atoms with Crippen molar-refractivity contribution in [1.29, 1.82) is 0 Å². The lowest BCUT2D eigenvalue weighted by molar-refractivity contribution is 0.170. The summed E-state index contributed by atoms with van der Waals surface area (Å²) in [6.45, 7) is 8.78. The van der Waals surface area contributed by atoms with Gasteiger partial charge < -0.3 is 15.4 Å². The van der Waals surface area contributed by atoms with Gasteiger partial charge in [-0.15, -0.1) is 0 Å². The maximum atomic E-state index is 5.99. The predicted molar refractivity (Wildman–Crippen MR) is 78.2 cm³/mol. The van der Waals surface area contributed by atoms with Gasteiger partial charge in [0.15, 0.2) is 0 Å². The summed E-state index contributed by atoms with van der Waals surface area (Å²) in [5, 5.41) is 0. The van der Waals surface area contributed by atoms with Crippen molar-refractivity contribution >= 4 is 5.69 Å². The average molecular weight is 250 g/mol. The van der Waals surface area contributed by atoms with E-state index in [2.05, 4.69) is 49.9 Å². The maximum Gasteiger partial charge on any atom is 0.0517 e. The van der Waals surface area contributed by atoms with E-state index < -0.39 is 0 Å². The lowest BCUT2D eigenvalue weighted by Crippen LogP contribution is -2.52. The highest BCUT2D eigenvalue weighted by molar-refractivity contribution is 5.50. The van der Waals surface area contributed by atoms with Gasteiger partial charge in [0.05, 0.1) is 5.54 Å². The fourth-order valence-electron chi connectivity index (χ4n) is 2.27. The number of likely N-dealkylation sites (N-methyl/N-ethyl adjacent to an activating group) is 1. The van der Waals surface area contributed by atoms with Gasteiger partial charge in [0.2, 0.25) is 0 Å².